The summed E-state index contributed by atoms with van der Waals surface area (Å²) in [6, 6.07) is 7.25. The Bertz CT molecular complexity index is 387. The van der Waals surface area contributed by atoms with E-state index in [9.17, 15) is 0 Å². The average Bonchev–Trinajstić information content (AvgIpc) is 2.35. The molecule has 4 heteroatoms. The maximum atomic E-state index is 8.84. The Labute approximate surface area is 104 Å². The van der Waals surface area contributed by atoms with Gasteiger partial charge in [0.15, 0.2) is 0 Å². The molecule has 0 N–H and O–H groups in total. The Hall–Kier alpha value is -1.21. The van der Waals surface area contributed by atoms with Crippen LogP contribution in [-0.2, 0) is 0 Å². The fourth-order valence-corrected chi connectivity index (χ4v) is 1.31. The summed E-state index contributed by atoms with van der Waals surface area (Å²) < 4.78 is 10.7. The molecule has 0 saturated heterocycles. The zero-order valence-corrected chi connectivity index (χ0v) is 11.0. The maximum Gasteiger partial charge on any atom is 0.124 e. The minimum absolute atomic E-state index is 0.428. The van der Waals surface area contributed by atoms with E-state index in [-0.39, 0.29) is 0 Å². The number of nitrogens with zero attached hydrogens (tertiary/aromatic N) is 1. The highest BCUT2D eigenvalue weighted by molar-refractivity contribution is 9.09. The van der Waals surface area contributed by atoms with Crippen LogP contribution in [0.25, 0.3) is 0 Å². The zero-order chi connectivity index (χ0) is 12.0. The topological polar surface area (TPSA) is 42.2 Å². The van der Waals surface area contributed by atoms with E-state index >= 15 is 0 Å². The van der Waals surface area contributed by atoms with Gasteiger partial charge in [-0.2, -0.15) is 5.26 Å². The van der Waals surface area contributed by atoms with Gasteiger partial charge in [0.2, 0.25) is 0 Å². The first-order valence-electron chi connectivity index (χ1n) is 4.97. The summed E-state index contributed by atoms with van der Waals surface area (Å²) >= 11 is 3.39. The van der Waals surface area contributed by atoms with Gasteiger partial charge in [0.25, 0.3) is 0 Å². The van der Waals surface area contributed by atoms with Gasteiger partial charge in [0.1, 0.15) is 11.5 Å². The van der Waals surface area contributed by atoms with E-state index < -0.39 is 0 Å². The molecule has 1 aromatic rings. The smallest absolute Gasteiger partial charge is 0.124 e. The molecule has 1 rings (SSSR count). The van der Waals surface area contributed by atoms with Gasteiger partial charge in [0.05, 0.1) is 25.3 Å². The number of methoxy groups -OCH3 is 1. The van der Waals surface area contributed by atoms with Crippen molar-refractivity contribution in [3.05, 3.63) is 23.8 Å². The molecule has 1 aromatic carbocycles. The fourth-order valence-electron chi connectivity index (χ4n) is 1.12. The SMILES string of the molecule is COc1cc(C#N)cc(OCC(C)CBr)c1. The molecule has 86 valence electrons. The van der Waals surface area contributed by atoms with E-state index in [0.29, 0.717) is 29.6 Å². The summed E-state index contributed by atoms with van der Waals surface area (Å²) in [5.74, 6) is 1.74. The van der Waals surface area contributed by atoms with Crippen molar-refractivity contribution in [1.82, 2.24) is 0 Å². The monoisotopic (exact) mass is 283 g/mol. The van der Waals surface area contributed by atoms with Gasteiger partial charge < -0.3 is 9.47 Å². The van der Waals surface area contributed by atoms with Gasteiger partial charge in [-0.05, 0) is 18.1 Å². The lowest BCUT2D eigenvalue weighted by atomic mass is 10.2. The molecule has 1 atom stereocenters. The number of rotatable bonds is 5. The maximum absolute atomic E-state index is 8.84. The lowest BCUT2D eigenvalue weighted by Crippen LogP contribution is -2.09. The van der Waals surface area contributed by atoms with Gasteiger partial charge in [-0.25, -0.2) is 0 Å². The quantitative estimate of drug-likeness (QED) is 0.781. The van der Waals surface area contributed by atoms with Crippen LogP contribution in [0.2, 0.25) is 0 Å². The molecule has 3 nitrogen and oxygen atoms in total. The number of ether oxygens (including phenoxy) is 2. The molecule has 0 saturated carbocycles. The van der Waals surface area contributed by atoms with Crippen LogP contribution in [0.1, 0.15) is 12.5 Å². The van der Waals surface area contributed by atoms with E-state index in [1.807, 2.05) is 0 Å². The molecule has 0 bridgehead atoms. The minimum atomic E-state index is 0.428. The van der Waals surface area contributed by atoms with Gasteiger partial charge in [0, 0.05) is 11.4 Å². The third kappa shape index (κ3) is 3.74. The van der Waals surface area contributed by atoms with Crippen LogP contribution in [0.5, 0.6) is 11.5 Å². The molecule has 0 aliphatic rings. The van der Waals surface area contributed by atoms with Crippen molar-refractivity contribution >= 4 is 15.9 Å². The lowest BCUT2D eigenvalue weighted by Gasteiger charge is -2.11. The third-order valence-corrected chi connectivity index (χ3v) is 3.15. The highest BCUT2D eigenvalue weighted by Crippen LogP contribution is 2.22. The van der Waals surface area contributed by atoms with Crippen LogP contribution in [0, 0.1) is 17.2 Å². The largest absolute Gasteiger partial charge is 0.497 e. The minimum Gasteiger partial charge on any atom is -0.497 e. The van der Waals surface area contributed by atoms with Crippen LogP contribution in [0.15, 0.2) is 18.2 Å². The summed E-state index contributed by atoms with van der Waals surface area (Å²) in [4.78, 5) is 0. The van der Waals surface area contributed by atoms with Crippen LogP contribution >= 0.6 is 15.9 Å². The molecule has 0 aromatic heterocycles. The molecule has 0 spiro atoms. The summed E-state index contributed by atoms with van der Waals surface area (Å²) in [7, 11) is 1.57. The molecule has 0 amide bonds. The summed E-state index contributed by atoms with van der Waals surface area (Å²) in [5.41, 5.74) is 0.542. The van der Waals surface area contributed by atoms with Gasteiger partial charge in [-0.3, -0.25) is 0 Å². The standard InChI is InChI=1S/C12H14BrNO2/c1-9(6-13)8-16-12-4-10(7-14)3-11(5-12)15-2/h3-5,9H,6,8H2,1-2H3. The lowest BCUT2D eigenvalue weighted by molar-refractivity contribution is 0.272. The highest BCUT2D eigenvalue weighted by Gasteiger charge is 2.04. The van der Waals surface area contributed by atoms with Crippen LogP contribution in [0.3, 0.4) is 0 Å². The molecule has 0 radical (unpaired) electrons. The van der Waals surface area contributed by atoms with E-state index in [1.54, 1.807) is 25.3 Å². The van der Waals surface area contributed by atoms with E-state index in [2.05, 4.69) is 28.9 Å². The van der Waals surface area contributed by atoms with Crippen LogP contribution in [0.4, 0.5) is 0 Å². The Balaban J connectivity index is 2.76. The first kappa shape index (κ1) is 12.9. The Morgan fingerprint density at radius 1 is 1.38 bits per heavy atom. The van der Waals surface area contributed by atoms with E-state index in [0.717, 1.165) is 5.33 Å². The number of benzene rings is 1. The van der Waals surface area contributed by atoms with E-state index in [4.69, 9.17) is 14.7 Å². The van der Waals surface area contributed by atoms with Crippen molar-refractivity contribution in [3.8, 4) is 17.6 Å². The Morgan fingerprint density at radius 2 is 2.06 bits per heavy atom. The second-order valence-corrected chi connectivity index (χ2v) is 4.23. The molecule has 0 fully saturated rings. The first-order chi connectivity index (χ1) is 7.69. The highest BCUT2D eigenvalue weighted by atomic mass is 79.9. The molecular weight excluding hydrogens is 270 g/mol. The Kier molecular flexibility index (Phi) is 5.13. The van der Waals surface area contributed by atoms with Crippen molar-refractivity contribution in [3.63, 3.8) is 0 Å². The second kappa shape index (κ2) is 6.39. The fraction of sp³-hybridized carbons (Fsp3) is 0.417. The van der Waals surface area contributed by atoms with Crippen molar-refractivity contribution < 1.29 is 9.47 Å². The van der Waals surface area contributed by atoms with Gasteiger partial charge >= 0.3 is 0 Å². The van der Waals surface area contributed by atoms with Crippen molar-refractivity contribution in [2.75, 3.05) is 19.0 Å². The second-order valence-electron chi connectivity index (χ2n) is 3.58. The Morgan fingerprint density at radius 3 is 2.62 bits per heavy atom. The molecule has 0 heterocycles. The number of alkyl halides is 1. The van der Waals surface area contributed by atoms with Crippen molar-refractivity contribution in [2.45, 2.75) is 6.92 Å². The normalized spacial score (nSPS) is 11.6. The molecular formula is C12H14BrNO2. The van der Waals surface area contributed by atoms with Crippen LogP contribution < -0.4 is 9.47 Å². The molecule has 0 aliphatic heterocycles. The number of hydrogen-bond acceptors (Lipinski definition) is 3. The first-order valence-corrected chi connectivity index (χ1v) is 6.09. The van der Waals surface area contributed by atoms with Crippen molar-refractivity contribution in [2.24, 2.45) is 5.92 Å². The molecule has 1 unspecified atom stereocenters. The predicted octanol–water partition coefficient (Wildman–Crippen LogP) is 2.98. The number of nitriles is 1. The summed E-state index contributed by atoms with van der Waals surface area (Å²) in [5, 5.41) is 9.73. The number of hydrogen-bond donors (Lipinski definition) is 0. The summed E-state index contributed by atoms with van der Waals surface area (Å²) in [6.45, 7) is 2.70. The zero-order valence-electron chi connectivity index (χ0n) is 9.37. The van der Waals surface area contributed by atoms with Gasteiger partial charge in [-0.15, -0.1) is 0 Å². The van der Waals surface area contributed by atoms with Gasteiger partial charge in [-0.1, -0.05) is 22.9 Å². The van der Waals surface area contributed by atoms with Crippen LogP contribution in [-0.4, -0.2) is 19.0 Å². The number of halogens is 1. The molecule has 0 aliphatic carbocycles. The average molecular weight is 284 g/mol. The third-order valence-electron chi connectivity index (χ3n) is 2.04. The van der Waals surface area contributed by atoms with E-state index in [1.165, 1.54) is 0 Å². The summed E-state index contributed by atoms with van der Waals surface area (Å²) in [6.07, 6.45) is 0. The predicted molar refractivity (Wildman–Crippen MR) is 66.2 cm³/mol. The molecule has 16 heavy (non-hydrogen) atoms. The van der Waals surface area contributed by atoms with Crippen molar-refractivity contribution in [1.29, 1.82) is 5.26 Å².